The van der Waals surface area contributed by atoms with Crippen LogP contribution >= 0.6 is 27.3 Å². The number of methoxy groups -OCH3 is 2. The minimum atomic E-state index is -0.666. The lowest BCUT2D eigenvalue weighted by Crippen LogP contribution is -2.40. The Morgan fingerprint density at radius 3 is 2.67 bits per heavy atom. The number of ether oxygens (including phenoxy) is 3. The fourth-order valence-electron chi connectivity index (χ4n) is 4.07. The molecule has 184 valence electrons. The maximum absolute atomic E-state index is 13.8. The van der Waals surface area contributed by atoms with E-state index in [0.29, 0.717) is 44.1 Å². The average molecular weight is 567 g/mol. The molecule has 2 aromatic carbocycles. The number of aromatic nitrogens is 1. The number of rotatable bonds is 7. The molecule has 0 unspecified atom stereocenters. The number of halogens is 1. The first-order valence-corrected chi connectivity index (χ1v) is 12.7. The van der Waals surface area contributed by atoms with Crippen molar-refractivity contribution in [3.8, 4) is 23.8 Å². The Balaban J connectivity index is 2.00. The second-order valence-corrected chi connectivity index (χ2v) is 9.64. The highest BCUT2D eigenvalue weighted by Gasteiger charge is 2.33. The Bertz CT molecular complexity index is 1560. The van der Waals surface area contributed by atoms with Crippen LogP contribution in [0, 0.1) is 12.3 Å². The zero-order valence-corrected chi connectivity index (χ0v) is 22.3. The molecule has 0 aliphatic carbocycles. The third kappa shape index (κ3) is 4.74. The van der Waals surface area contributed by atoms with E-state index in [0.717, 1.165) is 10.0 Å². The fourth-order valence-corrected chi connectivity index (χ4v) is 5.54. The molecule has 0 spiro atoms. The third-order valence-electron chi connectivity index (χ3n) is 5.62. The van der Waals surface area contributed by atoms with Crippen molar-refractivity contribution < 1.29 is 19.0 Å². The van der Waals surface area contributed by atoms with Gasteiger partial charge in [0.25, 0.3) is 5.56 Å². The number of thiazole rings is 1. The van der Waals surface area contributed by atoms with Crippen LogP contribution in [0.3, 0.4) is 0 Å². The second-order valence-electron chi connectivity index (χ2n) is 7.72. The largest absolute Gasteiger partial charge is 0.493 e. The summed E-state index contributed by atoms with van der Waals surface area (Å²) in [4.78, 5) is 31.9. The maximum Gasteiger partial charge on any atom is 0.338 e. The Morgan fingerprint density at radius 1 is 1.28 bits per heavy atom. The SMILES string of the molecule is C#CCOc1c(/C=c2/sc3n(c2=O)[C@@H](c2ccccc2)C(C(=O)OC)=C(CC)N=3)cc(Br)cc1OC. The number of carbonyl (C=O) groups excluding carboxylic acids is 1. The van der Waals surface area contributed by atoms with Gasteiger partial charge in [0, 0.05) is 10.0 Å². The van der Waals surface area contributed by atoms with Crippen LogP contribution < -0.4 is 24.4 Å². The van der Waals surface area contributed by atoms with Crippen molar-refractivity contribution in [1.29, 1.82) is 0 Å². The summed E-state index contributed by atoms with van der Waals surface area (Å²) >= 11 is 4.72. The van der Waals surface area contributed by atoms with Crippen LogP contribution in [-0.2, 0) is 9.53 Å². The Labute approximate surface area is 220 Å². The quantitative estimate of drug-likeness (QED) is 0.322. The topological polar surface area (TPSA) is 79.1 Å². The molecule has 9 heteroatoms. The van der Waals surface area contributed by atoms with Crippen LogP contribution in [0.15, 0.2) is 68.0 Å². The molecule has 1 aliphatic heterocycles. The van der Waals surface area contributed by atoms with E-state index >= 15 is 0 Å². The summed E-state index contributed by atoms with van der Waals surface area (Å²) in [6.07, 6.45) is 7.62. The smallest absolute Gasteiger partial charge is 0.338 e. The molecule has 36 heavy (non-hydrogen) atoms. The van der Waals surface area contributed by atoms with E-state index in [2.05, 4.69) is 26.8 Å². The lowest BCUT2D eigenvalue weighted by atomic mass is 9.95. The van der Waals surface area contributed by atoms with Crippen LogP contribution in [0.5, 0.6) is 11.5 Å². The highest BCUT2D eigenvalue weighted by atomic mass is 79.9. The molecule has 0 bridgehead atoms. The molecule has 1 aromatic heterocycles. The van der Waals surface area contributed by atoms with Gasteiger partial charge in [-0.3, -0.25) is 9.36 Å². The van der Waals surface area contributed by atoms with Gasteiger partial charge in [0.15, 0.2) is 16.3 Å². The van der Waals surface area contributed by atoms with Gasteiger partial charge in [0.2, 0.25) is 0 Å². The molecule has 0 radical (unpaired) electrons. The minimum Gasteiger partial charge on any atom is -0.493 e. The summed E-state index contributed by atoms with van der Waals surface area (Å²) in [7, 11) is 2.86. The van der Waals surface area contributed by atoms with E-state index in [-0.39, 0.29) is 12.2 Å². The fraction of sp³-hybridized carbons (Fsp3) is 0.222. The molecule has 0 N–H and O–H groups in total. The van der Waals surface area contributed by atoms with Crippen molar-refractivity contribution in [2.45, 2.75) is 19.4 Å². The van der Waals surface area contributed by atoms with Crippen molar-refractivity contribution in [1.82, 2.24) is 4.57 Å². The van der Waals surface area contributed by atoms with E-state index in [9.17, 15) is 9.59 Å². The molecule has 7 nitrogen and oxygen atoms in total. The predicted molar refractivity (Wildman–Crippen MR) is 142 cm³/mol. The molecule has 3 aromatic rings. The summed E-state index contributed by atoms with van der Waals surface area (Å²) < 4.78 is 19.0. The van der Waals surface area contributed by atoms with E-state index in [1.54, 1.807) is 16.7 Å². The third-order valence-corrected chi connectivity index (χ3v) is 7.06. The summed E-state index contributed by atoms with van der Waals surface area (Å²) in [5.74, 6) is 2.83. The number of hydrogen-bond acceptors (Lipinski definition) is 7. The van der Waals surface area contributed by atoms with Crippen molar-refractivity contribution in [2.24, 2.45) is 4.99 Å². The Morgan fingerprint density at radius 2 is 2.03 bits per heavy atom. The first-order valence-electron chi connectivity index (χ1n) is 11.0. The maximum atomic E-state index is 13.8. The standard InChI is InChI=1S/C27H23BrN2O5S/c1-5-12-35-24-17(13-18(28)15-20(24)33-3)14-21-25(31)30-23(16-10-8-7-9-11-16)22(26(32)34-4)19(6-2)29-27(30)36-21/h1,7-11,13-15,23H,6,12H2,2-4H3/b21-14+/t23-/m0/s1. The number of fused-ring (bicyclic) bond motifs is 1. The van der Waals surface area contributed by atoms with Crippen molar-refractivity contribution >= 4 is 39.3 Å². The summed E-state index contributed by atoms with van der Waals surface area (Å²) in [5.41, 5.74) is 2.05. The zero-order valence-electron chi connectivity index (χ0n) is 19.9. The summed E-state index contributed by atoms with van der Waals surface area (Å²) in [6.45, 7) is 1.96. The average Bonchev–Trinajstić information content (AvgIpc) is 3.21. The van der Waals surface area contributed by atoms with Crippen LogP contribution in [-0.4, -0.2) is 31.4 Å². The summed E-state index contributed by atoms with van der Waals surface area (Å²) in [6, 6.07) is 12.3. The van der Waals surface area contributed by atoms with Gasteiger partial charge in [-0.05, 0) is 30.2 Å². The van der Waals surface area contributed by atoms with Gasteiger partial charge in [-0.2, -0.15) is 0 Å². The lowest BCUT2D eigenvalue weighted by Gasteiger charge is -2.25. The van der Waals surface area contributed by atoms with E-state index in [4.69, 9.17) is 20.6 Å². The highest BCUT2D eigenvalue weighted by Crippen LogP contribution is 2.36. The molecule has 4 rings (SSSR count). The van der Waals surface area contributed by atoms with E-state index < -0.39 is 12.0 Å². The molecule has 1 atom stereocenters. The van der Waals surface area contributed by atoms with Gasteiger partial charge >= 0.3 is 5.97 Å². The minimum absolute atomic E-state index is 0.0381. The number of benzene rings is 2. The number of carbonyl (C=O) groups is 1. The van der Waals surface area contributed by atoms with E-state index in [1.165, 1.54) is 25.6 Å². The molecular formula is C27H23BrN2O5S. The Hall–Kier alpha value is -3.61. The van der Waals surface area contributed by atoms with E-state index in [1.807, 2.05) is 43.3 Å². The van der Waals surface area contributed by atoms with Gasteiger partial charge in [-0.1, -0.05) is 70.4 Å². The lowest BCUT2D eigenvalue weighted by molar-refractivity contribution is -0.136. The van der Waals surface area contributed by atoms with Gasteiger partial charge < -0.3 is 14.2 Å². The van der Waals surface area contributed by atoms with Gasteiger partial charge in [-0.25, -0.2) is 9.79 Å². The number of esters is 1. The molecule has 2 heterocycles. The highest BCUT2D eigenvalue weighted by molar-refractivity contribution is 9.10. The second kappa shape index (κ2) is 11.0. The molecule has 1 aliphatic rings. The predicted octanol–water partition coefficient (Wildman–Crippen LogP) is 3.58. The van der Waals surface area contributed by atoms with Crippen LogP contribution in [0.4, 0.5) is 0 Å². The van der Waals surface area contributed by atoms with Crippen molar-refractivity contribution in [3.05, 3.63) is 89.0 Å². The molecular weight excluding hydrogens is 544 g/mol. The van der Waals surface area contributed by atoms with Crippen LogP contribution in [0.25, 0.3) is 6.08 Å². The van der Waals surface area contributed by atoms with Gasteiger partial charge in [0.1, 0.15) is 6.61 Å². The molecule has 0 fully saturated rings. The van der Waals surface area contributed by atoms with Gasteiger partial charge in [-0.15, -0.1) is 6.42 Å². The van der Waals surface area contributed by atoms with Crippen molar-refractivity contribution in [3.63, 3.8) is 0 Å². The van der Waals surface area contributed by atoms with Crippen LogP contribution in [0.1, 0.15) is 30.5 Å². The van der Waals surface area contributed by atoms with Crippen molar-refractivity contribution in [2.75, 3.05) is 20.8 Å². The van der Waals surface area contributed by atoms with Crippen LogP contribution in [0.2, 0.25) is 0 Å². The number of hydrogen-bond donors (Lipinski definition) is 0. The number of nitrogens with zero attached hydrogens (tertiary/aromatic N) is 2. The number of allylic oxidation sites excluding steroid dienone is 1. The summed E-state index contributed by atoms with van der Waals surface area (Å²) in [5, 5.41) is 0. The normalized spacial score (nSPS) is 15.1. The Kier molecular flexibility index (Phi) is 7.77. The van der Waals surface area contributed by atoms with Gasteiger partial charge in [0.05, 0.1) is 36.1 Å². The molecule has 0 saturated heterocycles. The molecule has 0 saturated carbocycles. The monoisotopic (exact) mass is 566 g/mol. The first-order chi connectivity index (χ1) is 17.4. The molecule has 0 amide bonds. The zero-order chi connectivity index (χ0) is 25.8. The number of terminal acetylenes is 1. The first kappa shape index (κ1) is 25.5.